The summed E-state index contributed by atoms with van der Waals surface area (Å²) in [6.45, 7) is 3.75. The standard InChI is InChI=1S/C24H21ClN4O2S2/c1-2-31-17-8-5-10-19-21(17)27-24(33-19)29(13-6-12-28-14-11-26-15-28)23(30)22-20(25)16-7-3-4-9-18(16)32-22/h3-5,7-11,14-15H,2,6,12-13H2,1H3. The molecular formula is C24H21ClN4O2S2. The number of anilines is 1. The van der Waals surface area contributed by atoms with Crippen LogP contribution in [0.5, 0.6) is 5.75 Å². The average molecular weight is 497 g/mol. The van der Waals surface area contributed by atoms with Gasteiger partial charge in [-0.2, -0.15) is 0 Å². The van der Waals surface area contributed by atoms with Gasteiger partial charge in [-0.15, -0.1) is 11.3 Å². The third-order valence-corrected chi connectivity index (χ3v) is 7.94. The average Bonchev–Trinajstić information content (AvgIpc) is 3.56. The van der Waals surface area contributed by atoms with Crippen LogP contribution in [0.4, 0.5) is 5.13 Å². The lowest BCUT2D eigenvalue weighted by Crippen LogP contribution is -2.32. The minimum absolute atomic E-state index is 0.135. The zero-order chi connectivity index (χ0) is 22.8. The number of para-hydroxylation sites is 1. The molecule has 5 aromatic rings. The highest BCUT2D eigenvalue weighted by Crippen LogP contribution is 2.39. The van der Waals surface area contributed by atoms with E-state index in [0.29, 0.717) is 28.2 Å². The maximum atomic E-state index is 13.8. The normalized spacial score (nSPS) is 11.3. The number of hydrogen-bond acceptors (Lipinski definition) is 6. The summed E-state index contributed by atoms with van der Waals surface area (Å²) in [4.78, 5) is 25.0. The molecule has 6 nitrogen and oxygen atoms in total. The lowest BCUT2D eigenvalue weighted by Gasteiger charge is -2.19. The van der Waals surface area contributed by atoms with Crippen molar-refractivity contribution in [2.24, 2.45) is 0 Å². The summed E-state index contributed by atoms with van der Waals surface area (Å²) in [5.41, 5.74) is 0.772. The number of aryl methyl sites for hydroxylation is 1. The number of rotatable bonds is 8. The van der Waals surface area contributed by atoms with Crippen molar-refractivity contribution in [1.29, 1.82) is 0 Å². The van der Waals surface area contributed by atoms with Crippen LogP contribution in [0.2, 0.25) is 5.02 Å². The number of imidazole rings is 1. The predicted molar refractivity (Wildman–Crippen MR) is 136 cm³/mol. The molecule has 0 aliphatic carbocycles. The first-order chi connectivity index (χ1) is 16.2. The van der Waals surface area contributed by atoms with Gasteiger partial charge in [0.15, 0.2) is 5.13 Å². The van der Waals surface area contributed by atoms with Crippen LogP contribution in [0, 0.1) is 0 Å². The fourth-order valence-electron chi connectivity index (χ4n) is 3.69. The van der Waals surface area contributed by atoms with E-state index < -0.39 is 0 Å². The van der Waals surface area contributed by atoms with E-state index in [2.05, 4.69) is 4.98 Å². The van der Waals surface area contributed by atoms with Gasteiger partial charge < -0.3 is 9.30 Å². The number of carbonyl (C=O) groups is 1. The number of carbonyl (C=O) groups excluding carboxylic acids is 1. The summed E-state index contributed by atoms with van der Waals surface area (Å²) in [6.07, 6.45) is 6.20. The molecule has 0 bridgehead atoms. The topological polar surface area (TPSA) is 60.2 Å². The second kappa shape index (κ2) is 9.51. The lowest BCUT2D eigenvalue weighted by atomic mass is 10.2. The molecular weight excluding hydrogens is 476 g/mol. The number of amides is 1. The molecule has 0 atom stereocenters. The molecule has 33 heavy (non-hydrogen) atoms. The summed E-state index contributed by atoms with van der Waals surface area (Å²) >= 11 is 9.56. The highest BCUT2D eigenvalue weighted by atomic mass is 35.5. The Morgan fingerprint density at radius 2 is 2.00 bits per heavy atom. The van der Waals surface area contributed by atoms with Crippen molar-refractivity contribution in [3.63, 3.8) is 0 Å². The third kappa shape index (κ3) is 4.34. The Morgan fingerprint density at radius 3 is 2.79 bits per heavy atom. The number of fused-ring (bicyclic) bond motifs is 2. The van der Waals surface area contributed by atoms with Crippen molar-refractivity contribution >= 4 is 65.6 Å². The second-order valence-electron chi connectivity index (χ2n) is 7.38. The Kier molecular flexibility index (Phi) is 6.30. The number of benzene rings is 2. The van der Waals surface area contributed by atoms with Gasteiger partial charge in [0.1, 0.15) is 16.1 Å². The minimum Gasteiger partial charge on any atom is -0.492 e. The van der Waals surface area contributed by atoms with Crippen molar-refractivity contribution in [3.8, 4) is 5.75 Å². The third-order valence-electron chi connectivity index (χ3n) is 5.23. The van der Waals surface area contributed by atoms with Crippen LogP contribution >= 0.6 is 34.3 Å². The summed E-state index contributed by atoms with van der Waals surface area (Å²) in [5.74, 6) is 0.590. The Bertz CT molecular complexity index is 1410. The van der Waals surface area contributed by atoms with Gasteiger partial charge in [-0.3, -0.25) is 9.69 Å². The lowest BCUT2D eigenvalue weighted by molar-refractivity contribution is 0.0990. The summed E-state index contributed by atoms with van der Waals surface area (Å²) < 4.78 is 9.73. The molecule has 9 heteroatoms. The van der Waals surface area contributed by atoms with Gasteiger partial charge in [0, 0.05) is 35.6 Å². The van der Waals surface area contributed by atoms with Crippen molar-refractivity contribution in [1.82, 2.24) is 14.5 Å². The highest BCUT2D eigenvalue weighted by Gasteiger charge is 2.26. The molecule has 5 rings (SSSR count). The van der Waals surface area contributed by atoms with E-state index in [0.717, 1.165) is 39.0 Å². The highest BCUT2D eigenvalue weighted by molar-refractivity contribution is 7.23. The molecule has 2 aromatic carbocycles. The fraction of sp³-hybridized carbons (Fsp3) is 0.208. The van der Waals surface area contributed by atoms with Gasteiger partial charge >= 0.3 is 0 Å². The van der Waals surface area contributed by atoms with E-state index in [-0.39, 0.29) is 5.91 Å². The van der Waals surface area contributed by atoms with Crippen molar-refractivity contribution in [2.75, 3.05) is 18.1 Å². The van der Waals surface area contributed by atoms with Crippen LogP contribution in [0.25, 0.3) is 20.3 Å². The van der Waals surface area contributed by atoms with Crippen LogP contribution in [-0.4, -0.2) is 33.6 Å². The molecule has 0 saturated carbocycles. The Labute approximate surface area is 204 Å². The molecule has 0 spiro atoms. The van der Waals surface area contributed by atoms with Crippen LogP contribution in [0.1, 0.15) is 23.0 Å². The molecule has 3 aromatic heterocycles. The molecule has 0 N–H and O–H groups in total. The smallest absolute Gasteiger partial charge is 0.271 e. The van der Waals surface area contributed by atoms with E-state index in [9.17, 15) is 4.79 Å². The molecule has 0 unspecified atom stereocenters. The number of thiophene rings is 1. The van der Waals surface area contributed by atoms with Gasteiger partial charge in [0.05, 0.1) is 22.7 Å². The number of ether oxygens (including phenoxy) is 1. The number of thiazole rings is 1. The van der Waals surface area contributed by atoms with E-state index in [1.807, 2.05) is 60.2 Å². The van der Waals surface area contributed by atoms with Crippen molar-refractivity contribution in [2.45, 2.75) is 19.9 Å². The van der Waals surface area contributed by atoms with Crippen LogP contribution < -0.4 is 9.64 Å². The van der Waals surface area contributed by atoms with Gasteiger partial charge in [0.25, 0.3) is 5.91 Å². The molecule has 1 amide bonds. The maximum Gasteiger partial charge on any atom is 0.271 e. The number of halogens is 1. The van der Waals surface area contributed by atoms with E-state index >= 15 is 0 Å². The van der Waals surface area contributed by atoms with Crippen LogP contribution in [0.3, 0.4) is 0 Å². The van der Waals surface area contributed by atoms with Crippen molar-refractivity contribution < 1.29 is 9.53 Å². The predicted octanol–water partition coefficient (Wildman–Crippen LogP) is 6.50. The van der Waals surface area contributed by atoms with E-state index in [1.54, 1.807) is 17.4 Å². The molecule has 0 saturated heterocycles. The van der Waals surface area contributed by atoms with Crippen molar-refractivity contribution in [3.05, 3.63) is 71.1 Å². The van der Waals surface area contributed by atoms with Crippen LogP contribution in [-0.2, 0) is 6.54 Å². The SMILES string of the molecule is CCOc1cccc2sc(N(CCCn3ccnc3)C(=O)c3sc4ccccc4c3Cl)nc12. The molecule has 168 valence electrons. The molecule has 0 aliphatic heterocycles. The van der Waals surface area contributed by atoms with Crippen LogP contribution in [0.15, 0.2) is 61.2 Å². The largest absolute Gasteiger partial charge is 0.492 e. The monoisotopic (exact) mass is 496 g/mol. The number of nitrogens with zero attached hydrogens (tertiary/aromatic N) is 4. The molecule has 3 heterocycles. The Hall–Kier alpha value is -2.94. The Balaban J connectivity index is 1.52. The van der Waals surface area contributed by atoms with Gasteiger partial charge in [-0.05, 0) is 31.5 Å². The molecule has 0 fully saturated rings. The maximum absolute atomic E-state index is 13.8. The summed E-state index contributed by atoms with van der Waals surface area (Å²) in [7, 11) is 0. The number of aromatic nitrogens is 3. The number of hydrogen-bond donors (Lipinski definition) is 0. The molecule has 0 aliphatic rings. The zero-order valence-corrected chi connectivity index (χ0v) is 20.3. The first kappa shape index (κ1) is 21.9. The fourth-order valence-corrected chi connectivity index (χ4v) is 6.16. The van der Waals surface area contributed by atoms with Gasteiger partial charge in [0.2, 0.25) is 0 Å². The summed E-state index contributed by atoms with van der Waals surface area (Å²) in [6, 6.07) is 13.7. The quantitative estimate of drug-likeness (QED) is 0.246. The Morgan fingerprint density at radius 1 is 1.15 bits per heavy atom. The van der Waals surface area contributed by atoms with E-state index in [1.165, 1.54) is 22.7 Å². The van der Waals surface area contributed by atoms with Gasteiger partial charge in [-0.25, -0.2) is 9.97 Å². The first-order valence-electron chi connectivity index (χ1n) is 10.6. The zero-order valence-electron chi connectivity index (χ0n) is 17.9. The summed E-state index contributed by atoms with van der Waals surface area (Å²) in [5, 5.41) is 2.03. The second-order valence-corrected chi connectivity index (χ2v) is 9.82. The molecule has 0 radical (unpaired) electrons. The van der Waals surface area contributed by atoms with Gasteiger partial charge in [-0.1, -0.05) is 47.2 Å². The minimum atomic E-state index is -0.135. The van der Waals surface area contributed by atoms with E-state index in [4.69, 9.17) is 21.3 Å². The first-order valence-corrected chi connectivity index (χ1v) is 12.6.